The van der Waals surface area contributed by atoms with E-state index >= 15 is 0 Å². The van der Waals surface area contributed by atoms with Crippen molar-refractivity contribution in [3.8, 4) is 11.8 Å². The molecule has 1 N–H and O–H groups in total. The van der Waals surface area contributed by atoms with Gasteiger partial charge in [-0.3, -0.25) is 0 Å². The highest BCUT2D eigenvalue weighted by molar-refractivity contribution is 5.81. The van der Waals surface area contributed by atoms with Crippen LogP contribution in [0.25, 0.3) is 0 Å². The van der Waals surface area contributed by atoms with Crippen LogP contribution >= 0.6 is 0 Å². The zero-order chi connectivity index (χ0) is 18.9. The Hall–Kier alpha value is -3.00. The first-order chi connectivity index (χ1) is 12.6. The topological polar surface area (TPSA) is 71.3 Å². The van der Waals surface area contributed by atoms with E-state index in [1.54, 1.807) is 38.3 Å². The number of nitriles is 1. The summed E-state index contributed by atoms with van der Waals surface area (Å²) < 4.78 is 10.7. The molecule has 2 aromatic rings. The fourth-order valence-electron chi connectivity index (χ4n) is 2.72. The third-order valence-corrected chi connectivity index (χ3v) is 3.94. The zero-order valence-electron chi connectivity index (χ0n) is 15.4. The van der Waals surface area contributed by atoms with E-state index in [9.17, 15) is 4.79 Å². The van der Waals surface area contributed by atoms with Gasteiger partial charge in [0.05, 0.1) is 25.3 Å². The molecule has 0 spiro atoms. The summed E-state index contributed by atoms with van der Waals surface area (Å²) in [5, 5.41) is 12.1. The van der Waals surface area contributed by atoms with Gasteiger partial charge in [0.1, 0.15) is 5.75 Å². The van der Waals surface area contributed by atoms with Crippen LogP contribution in [0.1, 0.15) is 43.0 Å². The van der Waals surface area contributed by atoms with Crippen molar-refractivity contribution < 1.29 is 14.3 Å². The average molecular weight is 352 g/mol. The van der Waals surface area contributed by atoms with Gasteiger partial charge >= 0.3 is 5.97 Å². The molecule has 2 aromatic carbocycles. The van der Waals surface area contributed by atoms with Gasteiger partial charge in [-0.05, 0) is 60.9 Å². The van der Waals surface area contributed by atoms with E-state index in [-0.39, 0.29) is 5.97 Å². The van der Waals surface area contributed by atoms with Crippen LogP contribution in [0.3, 0.4) is 0 Å². The normalized spacial score (nSPS) is 11.3. The van der Waals surface area contributed by atoms with Crippen molar-refractivity contribution in [1.29, 1.82) is 5.26 Å². The molecule has 1 unspecified atom stereocenters. The quantitative estimate of drug-likeness (QED) is 0.720. The Labute approximate surface area is 154 Å². The SMILES string of the molecule is CCCc1cc(OC)cc(C(Nc2ccc(C#N)cc2)C(=O)OCC)c1. The van der Waals surface area contributed by atoms with Crippen molar-refractivity contribution in [3.63, 3.8) is 0 Å². The summed E-state index contributed by atoms with van der Waals surface area (Å²) in [7, 11) is 1.61. The average Bonchev–Trinajstić information content (AvgIpc) is 2.66. The van der Waals surface area contributed by atoms with E-state index in [4.69, 9.17) is 14.7 Å². The maximum atomic E-state index is 12.6. The highest BCUT2D eigenvalue weighted by Gasteiger charge is 2.23. The lowest BCUT2D eigenvalue weighted by Gasteiger charge is -2.20. The van der Waals surface area contributed by atoms with E-state index in [0.29, 0.717) is 17.9 Å². The van der Waals surface area contributed by atoms with Crippen molar-refractivity contribution in [2.75, 3.05) is 19.0 Å². The van der Waals surface area contributed by atoms with E-state index in [1.165, 1.54) is 0 Å². The lowest BCUT2D eigenvalue weighted by atomic mass is 10.0. The lowest BCUT2D eigenvalue weighted by Crippen LogP contribution is -2.23. The third-order valence-electron chi connectivity index (χ3n) is 3.94. The highest BCUT2D eigenvalue weighted by Crippen LogP contribution is 2.27. The number of hydrogen-bond donors (Lipinski definition) is 1. The number of methoxy groups -OCH3 is 1. The highest BCUT2D eigenvalue weighted by atomic mass is 16.5. The number of carbonyl (C=O) groups excluding carboxylic acids is 1. The van der Waals surface area contributed by atoms with Crippen molar-refractivity contribution in [1.82, 2.24) is 0 Å². The summed E-state index contributed by atoms with van der Waals surface area (Å²) in [6, 6.07) is 14.2. The molecule has 0 bridgehead atoms. The molecule has 0 aliphatic rings. The number of carbonyl (C=O) groups is 1. The van der Waals surface area contributed by atoms with Gasteiger partial charge in [-0.1, -0.05) is 19.4 Å². The van der Waals surface area contributed by atoms with Gasteiger partial charge in [0, 0.05) is 5.69 Å². The van der Waals surface area contributed by atoms with E-state index in [1.807, 2.05) is 18.2 Å². The maximum absolute atomic E-state index is 12.6. The number of ether oxygens (including phenoxy) is 2. The predicted molar refractivity (Wildman–Crippen MR) is 101 cm³/mol. The number of nitrogens with zero attached hydrogens (tertiary/aromatic N) is 1. The van der Waals surface area contributed by atoms with Crippen LogP contribution in [-0.2, 0) is 16.0 Å². The molecular weight excluding hydrogens is 328 g/mol. The molecule has 0 heterocycles. The molecule has 1 atom stereocenters. The minimum absolute atomic E-state index is 0.302. The molecule has 26 heavy (non-hydrogen) atoms. The lowest BCUT2D eigenvalue weighted by molar-refractivity contribution is -0.144. The molecule has 0 saturated carbocycles. The van der Waals surface area contributed by atoms with Crippen LogP contribution in [0, 0.1) is 11.3 Å². The predicted octanol–water partition coefficient (Wildman–Crippen LogP) is 4.24. The fourth-order valence-corrected chi connectivity index (χ4v) is 2.72. The molecular formula is C21H24N2O3. The molecule has 5 nitrogen and oxygen atoms in total. The number of nitrogens with one attached hydrogen (secondary N) is 1. The van der Waals surface area contributed by atoms with Gasteiger partial charge in [0.25, 0.3) is 0 Å². The summed E-state index contributed by atoms with van der Waals surface area (Å²) >= 11 is 0. The Bertz CT molecular complexity index is 779. The molecule has 0 saturated heterocycles. The van der Waals surface area contributed by atoms with Crippen molar-refractivity contribution in [3.05, 3.63) is 59.2 Å². The molecule has 0 aliphatic carbocycles. The minimum Gasteiger partial charge on any atom is -0.497 e. The Morgan fingerprint density at radius 2 is 1.92 bits per heavy atom. The molecule has 5 heteroatoms. The Balaban J connectivity index is 2.38. The van der Waals surface area contributed by atoms with E-state index in [2.05, 4.69) is 18.3 Å². The summed E-state index contributed by atoms with van der Waals surface area (Å²) in [6.45, 7) is 4.19. The summed E-state index contributed by atoms with van der Waals surface area (Å²) in [4.78, 5) is 12.6. The first-order valence-electron chi connectivity index (χ1n) is 8.72. The second-order valence-corrected chi connectivity index (χ2v) is 5.88. The van der Waals surface area contributed by atoms with Crippen molar-refractivity contribution in [2.24, 2.45) is 0 Å². The van der Waals surface area contributed by atoms with Crippen LogP contribution < -0.4 is 10.1 Å². The molecule has 0 radical (unpaired) electrons. The van der Waals surface area contributed by atoms with Gasteiger partial charge in [-0.2, -0.15) is 5.26 Å². The van der Waals surface area contributed by atoms with Crippen LogP contribution in [0.5, 0.6) is 5.75 Å². The smallest absolute Gasteiger partial charge is 0.333 e. The number of rotatable bonds is 8. The molecule has 136 valence electrons. The zero-order valence-corrected chi connectivity index (χ0v) is 15.4. The molecule has 0 aromatic heterocycles. The molecule has 0 fully saturated rings. The minimum atomic E-state index is -0.659. The summed E-state index contributed by atoms with van der Waals surface area (Å²) in [5.74, 6) is 0.356. The summed E-state index contributed by atoms with van der Waals surface area (Å²) in [6.07, 6.45) is 1.90. The Kier molecular flexibility index (Phi) is 7.04. The van der Waals surface area contributed by atoms with Crippen molar-refractivity contribution in [2.45, 2.75) is 32.7 Å². The number of benzene rings is 2. The number of aryl methyl sites for hydroxylation is 1. The maximum Gasteiger partial charge on any atom is 0.333 e. The monoisotopic (exact) mass is 352 g/mol. The van der Waals surface area contributed by atoms with E-state index in [0.717, 1.165) is 29.7 Å². The van der Waals surface area contributed by atoms with Gasteiger partial charge in [-0.15, -0.1) is 0 Å². The van der Waals surface area contributed by atoms with Crippen LogP contribution in [-0.4, -0.2) is 19.7 Å². The Morgan fingerprint density at radius 3 is 2.50 bits per heavy atom. The largest absolute Gasteiger partial charge is 0.497 e. The fraction of sp³-hybridized carbons (Fsp3) is 0.333. The second kappa shape index (κ2) is 9.47. The van der Waals surface area contributed by atoms with Gasteiger partial charge < -0.3 is 14.8 Å². The third kappa shape index (κ3) is 5.00. The number of esters is 1. The number of anilines is 1. The summed E-state index contributed by atoms with van der Waals surface area (Å²) in [5.41, 5.74) is 3.20. The van der Waals surface area contributed by atoms with Gasteiger partial charge in [0.15, 0.2) is 6.04 Å². The van der Waals surface area contributed by atoms with E-state index < -0.39 is 6.04 Å². The van der Waals surface area contributed by atoms with Crippen LogP contribution in [0.2, 0.25) is 0 Å². The Morgan fingerprint density at radius 1 is 1.19 bits per heavy atom. The first kappa shape index (κ1) is 19.3. The van der Waals surface area contributed by atoms with Crippen LogP contribution in [0.4, 0.5) is 5.69 Å². The van der Waals surface area contributed by atoms with Gasteiger partial charge in [0.2, 0.25) is 0 Å². The van der Waals surface area contributed by atoms with Crippen molar-refractivity contribution >= 4 is 11.7 Å². The first-order valence-corrected chi connectivity index (χ1v) is 8.72. The van der Waals surface area contributed by atoms with Crippen LogP contribution in [0.15, 0.2) is 42.5 Å². The molecule has 2 rings (SSSR count). The standard InChI is InChI=1S/C21H24N2O3/c1-4-6-16-11-17(13-19(12-16)25-3)20(21(24)26-5-2)23-18-9-7-15(14-22)8-10-18/h7-13,20,23H,4-6H2,1-3H3. The molecule has 0 aliphatic heterocycles. The molecule has 0 amide bonds. The van der Waals surface area contributed by atoms with Gasteiger partial charge in [-0.25, -0.2) is 4.79 Å². The second-order valence-electron chi connectivity index (χ2n) is 5.88. The number of hydrogen-bond acceptors (Lipinski definition) is 5.